The van der Waals surface area contributed by atoms with Crippen molar-refractivity contribution in [3.05, 3.63) is 59.2 Å². The Bertz CT molecular complexity index is 898. The quantitative estimate of drug-likeness (QED) is 0.857. The predicted octanol–water partition coefficient (Wildman–Crippen LogP) is 2.34. The van der Waals surface area contributed by atoms with Gasteiger partial charge in [-0.3, -0.25) is 4.79 Å². The summed E-state index contributed by atoms with van der Waals surface area (Å²) in [4.78, 5) is 13.8. The molecule has 0 amide bonds. The van der Waals surface area contributed by atoms with Crippen molar-refractivity contribution in [3.8, 4) is 6.07 Å². The van der Waals surface area contributed by atoms with Crippen LogP contribution in [0.25, 0.3) is 0 Å². The summed E-state index contributed by atoms with van der Waals surface area (Å²) >= 11 is 0. The van der Waals surface area contributed by atoms with E-state index in [1.807, 2.05) is 29.4 Å². The van der Waals surface area contributed by atoms with Gasteiger partial charge in [0.05, 0.1) is 22.9 Å². The number of nitrogens with zero attached hydrogens (tertiary/aromatic N) is 3. The molecule has 3 rings (SSSR count). The van der Waals surface area contributed by atoms with Gasteiger partial charge in [0.15, 0.2) is 0 Å². The Morgan fingerprint density at radius 2 is 1.81 bits per heavy atom. The predicted molar refractivity (Wildman–Crippen MR) is 104 cm³/mol. The zero-order chi connectivity index (χ0) is 19.4. The van der Waals surface area contributed by atoms with E-state index < -0.39 is 17.0 Å². The highest BCUT2D eigenvalue weighted by Gasteiger charge is 2.23. The maximum Gasteiger partial charge on any atom is 0.307 e. The summed E-state index contributed by atoms with van der Waals surface area (Å²) in [5, 5.41) is 17.9. The summed E-state index contributed by atoms with van der Waals surface area (Å²) in [6, 6.07) is 14.9. The fourth-order valence-electron chi connectivity index (χ4n) is 3.12. The van der Waals surface area contributed by atoms with Gasteiger partial charge in [-0.15, -0.1) is 0 Å². The van der Waals surface area contributed by atoms with Crippen LogP contribution in [0.2, 0.25) is 0 Å². The number of benzene rings is 2. The van der Waals surface area contributed by atoms with Crippen LogP contribution < -0.4 is 4.90 Å². The van der Waals surface area contributed by atoms with Gasteiger partial charge in [0.2, 0.25) is 0 Å². The highest BCUT2D eigenvalue weighted by Crippen LogP contribution is 2.22. The Kier molecular flexibility index (Phi) is 5.89. The van der Waals surface area contributed by atoms with Crippen LogP contribution >= 0.6 is 0 Å². The van der Waals surface area contributed by atoms with Crippen molar-refractivity contribution in [1.82, 2.24) is 4.31 Å². The molecule has 0 saturated carbocycles. The summed E-state index contributed by atoms with van der Waals surface area (Å²) in [6.07, 6.45) is -0.0725. The van der Waals surface area contributed by atoms with E-state index in [-0.39, 0.29) is 6.42 Å². The van der Waals surface area contributed by atoms with Crippen molar-refractivity contribution in [2.75, 3.05) is 31.1 Å². The van der Waals surface area contributed by atoms with Gasteiger partial charge in [0, 0.05) is 31.9 Å². The van der Waals surface area contributed by atoms with Crippen LogP contribution in [0.1, 0.15) is 16.7 Å². The van der Waals surface area contributed by atoms with Gasteiger partial charge < -0.3 is 10.0 Å². The summed E-state index contributed by atoms with van der Waals surface area (Å²) in [5.74, 6) is -0.897. The van der Waals surface area contributed by atoms with E-state index >= 15 is 0 Å². The molecule has 1 atom stereocenters. The zero-order valence-electron chi connectivity index (χ0n) is 15.1. The molecule has 0 bridgehead atoms. The minimum atomic E-state index is -1.31. The lowest BCUT2D eigenvalue weighted by Crippen LogP contribution is -2.47. The summed E-state index contributed by atoms with van der Waals surface area (Å²) in [6.45, 7) is 4.67. The molecule has 0 radical (unpaired) electrons. The first-order valence-corrected chi connectivity index (χ1v) is 9.82. The Labute approximate surface area is 161 Å². The van der Waals surface area contributed by atoms with Gasteiger partial charge in [-0.2, -0.15) is 5.26 Å². The van der Waals surface area contributed by atoms with Crippen LogP contribution in [0, 0.1) is 18.3 Å². The monoisotopic (exact) mass is 383 g/mol. The molecule has 2 aromatic rings. The van der Waals surface area contributed by atoms with E-state index in [0.717, 1.165) is 24.3 Å². The zero-order valence-corrected chi connectivity index (χ0v) is 15.9. The smallest absolute Gasteiger partial charge is 0.307 e. The number of aliphatic carboxylic acids is 1. The second-order valence-corrected chi connectivity index (χ2v) is 7.95. The molecular formula is C20H21N3O3S. The fraction of sp³-hybridized carbons (Fsp3) is 0.300. The first kappa shape index (κ1) is 19.1. The molecule has 7 heteroatoms. The lowest BCUT2D eigenvalue weighted by molar-refractivity contribution is -0.136. The molecule has 6 nitrogen and oxygen atoms in total. The highest BCUT2D eigenvalue weighted by atomic mass is 32.2. The van der Waals surface area contributed by atoms with Crippen LogP contribution in [-0.4, -0.2) is 45.8 Å². The maximum absolute atomic E-state index is 13.0. The first-order valence-electron chi connectivity index (χ1n) is 8.71. The van der Waals surface area contributed by atoms with Crippen molar-refractivity contribution in [1.29, 1.82) is 5.26 Å². The third-order valence-electron chi connectivity index (χ3n) is 4.63. The van der Waals surface area contributed by atoms with Gasteiger partial charge in [-0.1, -0.05) is 12.1 Å². The van der Waals surface area contributed by atoms with E-state index in [1.165, 1.54) is 0 Å². The fourth-order valence-corrected chi connectivity index (χ4v) is 4.48. The van der Waals surface area contributed by atoms with Crippen molar-refractivity contribution in [3.63, 3.8) is 0 Å². The Morgan fingerprint density at radius 1 is 1.15 bits per heavy atom. The van der Waals surface area contributed by atoms with E-state index in [4.69, 9.17) is 10.4 Å². The van der Waals surface area contributed by atoms with Crippen molar-refractivity contribution in [2.45, 2.75) is 18.2 Å². The number of hydrogen-bond donors (Lipinski definition) is 1. The lowest BCUT2D eigenvalue weighted by atomic mass is 10.1. The average Bonchev–Trinajstić information content (AvgIpc) is 2.69. The molecule has 140 valence electrons. The van der Waals surface area contributed by atoms with E-state index in [9.17, 15) is 9.00 Å². The summed E-state index contributed by atoms with van der Waals surface area (Å²) < 4.78 is 14.9. The minimum Gasteiger partial charge on any atom is -0.481 e. The van der Waals surface area contributed by atoms with Crippen LogP contribution in [0.4, 0.5) is 5.69 Å². The van der Waals surface area contributed by atoms with Crippen LogP contribution in [0.15, 0.2) is 47.4 Å². The third kappa shape index (κ3) is 4.54. The Morgan fingerprint density at radius 3 is 2.41 bits per heavy atom. The van der Waals surface area contributed by atoms with E-state index in [1.54, 1.807) is 24.3 Å². The number of hydrogen-bond acceptors (Lipinski definition) is 4. The molecule has 1 unspecified atom stereocenters. The molecule has 1 fully saturated rings. The lowest BCUT2D eigenvalue weighted by Gasteiger charge is -2.35. The Hall–Kier alpha value is -2.69. The molecule has 27 heavy (non-hydrogen) atoms. The number of rotatable bonds is 5. The van der Waals surface area contributed by atoms with Gasteiger partial charge in [-0.25, -0.2) is 8.51 Å². The van der Waals surface area contributed by atoms with E-state index in [2.05, 4.69) is 11.0 Å². The topological polar surface area (TPSA) is 84.6 Å². The minimum absolute atomic E-state index is 0.0725. The number of anilines is 1. The van der Waals surface area contributed by atoms with Gasteiger partial charge in [0.1, 0.15) is 11.0 Å². The molecule has 1 saturated heterocycles. The van der Waals surface area contributed by atoms with Crippen molar-refractivity contribution in [2.24, 2.45) is 0 Å². The van der Waals surface area contributed by atoms with Gasteiger partial charge in [0.25, 0.3) is 0 Å². The van der Waals surface area contributed by atoms with Crippen molar-refractivity contribution >= 4 is 22.6 Å². The molecule has 0 spiro atoms. The van der Waals surface area contributed by atoms with Crippen molar-refractivity contribution < 1.29 is 14.1 Å². The maximum atomic E-state index is 13.0. The molecule has 0 aliphatic carbocycles. The number of carbonyl (C=O) groups is 1. The summed E-state index contributed by atoms with van der Waals surface area (Å²) in [5.41, 5.74) is 3.25. The van der Waals surface area contributed by atoms with E-state index in [0.29, 0.717) is 29.1 Å². The molecule has 1 aliphatic rings. The normalized spacial score (nSPS) is 15.9. The van der Waals surface area contributed by atoms with Crippen LogP contribution in [0.5, 0.6) is 0 Å². The average molecular weight is 383 g/mol. The molecule has 1 N–H and O–H groups in total. The number of nitriles is 1. The van der Waals surface area contributed by atoms with Gasteiger partial charge in [-0.05, 0) is 48.4 Å². The SMILES string of the molecule is Cc1ccc(CC(=O)O)cc1S(=O)N1CCN(c2ccc(C#N)cc2)CC1. The molecule has 2 aromatic carbocycles. The second-order valence-electron chi connectivity index (χ2n) is 6.49. The Balaban J connectivity index is 1.67. The van der Waals surface area contributed by atoms with Crippen LogP contribution in [0.3, 0.4) is 0 Å². The van der Waals surface area contributed by atoms with Crippen LogP contribution in [-0.2, 0) is 22.2 Å². The second kappa shape index (κ2) is 8.33. The standard InChI is InChI=1S/C20H21N3O3S/c1-15-2-3-17(13-20(24)25)12-19(15)27(26)23-10-8-22(9-11-23)18-6-4-16(14-21)5-7-18/h2-7,12H,8-11,13H2,1H3,(H,24,25). The third-order valence-corrected chi connectivity index (χ3v) is 6.28. The summed E-state index contributed by atoms with van der Waals surface area (Å²) in [7, 11) is -1.31. The molecule has 1 aliphatic heterocycles. The highest BCUT2D eigenvalue weighted by molar-refractivity contribution is 7.82. The number of carboxylic acids is 1. The number of carboxylic acid groups (broad SMARTS) is 1. The first-order chi connectivity index (χ1) is 13.0. The number of piperazine rings is 1. The largest absolute Gasteiger partial charge is 0.481 e. The molecular weight excluding hydrogens is 362 g/mol. The molecule has 0 aromatic heterocycles. The molecule has 1 heterocycles. The number of aryl methyl sites for hydroxylation is 1. The van der Waals surface area contributed by atoms with Gasteiger partial charge >= 0.3 is 5.97 Å².